The first-order valence-corrected chi connectivity index (χ1v) is 7.31. The number of rotatable bonds is 3. The Morgan fingerprint density at radius 3 is 2.09 bits per heavy atom. The van der Waals surface area contributed by atoms with Gasteiger partial charge in [0.05, 0.1) is 5.92 Å². The number of nitriles is 1. The average Bonchev–Trinajstić information content (AvgIpc) is 3.17. The van der Waals surface area contributed by atoms with Gasteiger partial charge in [-0.15, -0.1) is 0 Å². The Kier molecular flexibility index (Phi) is 3.54. The molecule has 1 aromatic rings. The molecule has 118 valence electrons. The van der Waals surface area contributed by atoms with Gasteiger partial charge in [0.15, 0.2) is 0 Å². The van der Waals surface area contributed by atoms with Gasteiger partial charge in [-0.2, -0.15) is 14.0 Å². The molecule has 22 heavy (non-hydrogen) atoms. The quantitative estimate of drug-likeness (QED) is 0.752. The van der Waals surface area contributed by atoms with Crippen LogP contribution in [0.25, 0.3) is 0 Å². The Morgan fingerprint density at radius 2 is 1.64 bits per heavy atom. The smallest absolute Gasteiger partial charge is 0.400 e. The lowest BCUT2D eigenvalue weighted by Gasteiger charge is -2.33. The molecule has 0 N–H and O–H groups in total. The van der Waals surface area contributed by atoms with E-state index in [0.717, 1.165) is 25.7 Å². The first-order valence-electron chi connectivity index (χ1n) is 7.31. The van der Waals surface area contributed by atoms with Gasteiger partial charge in [0.1, 0.15) is 29.0 Å². The molecule has 0 aromatic heterocycles. The summed E-state index contributed by atoms with van der Waals surface area (Å²) in [4.78, 5) is 0. The summed E-state index contributed by atoms with van der Waals surface area (Å²) < 4.78 is 59.8. The maximum absolute atomic E-state index is 14.2. The zero-order valence-corrected chi connectivity index (χ0v) is 11.8. The van der Waals surface area contributed by atoms with Gasteiger partial charge in [0, 0.05) is 12.1 Å². The molecule has 0 bridgehead atoms. The van der Waals surface area contributed by atoms with Crippen LogP contribution in [-0.2, 0) is 0 Å². The van der Waals surface area contributed by atoms with Crippen molar-refractivity contribution >= 4 is 0 Å². The monoisotopic (exact) mass is 313 g/mol. The Bertz CT molecular complexity index is 601. The average molecular weight is 313 g/mol. The highest BCUT2D eigenvalue weighted by Gasteiger charge is 2.51. The lowest BCUT2D eigenvalue weighted by molar-refractivity contribution is -0.224. The van der Waals surface area contributed by atoms with Crippen molar-refractivity contribution in [2.75, 3.05) is 0 Å². The normalized spacial score (nSPS) is 20.7. The summed E-state index contributed by atoms with van der Waals surface area (Å²) in [5.74, 6) is -3.94. The second-order valence-corrected chi connectivity index (χ2v) is 6.31. The van der Waals surface area contributed by atoms with E-state index in [2.05, 4.69) is 4.74 Å². The summed E-state index contributed by atoms with van der Waals surface area (Å²) >= 11 is 0. The molecule has 2 nitrogen and oxygen atoms in total. The topological polar surface area (TPSA) is 33.0 Å². The van der Waals surface area contributed by atoms with E-state index in [-0.39, 0.29) is 5.41 Å². The lowest BCUT2D eigenvalue weighted by atomic mass is 9.79. The van der Waals surface area contributed by atoms with Crippen molar-refractivity contribution in [1.29, 1.82) is 5.26 Å². The number of ether oxygens (including phenoxy) is 1. The lowest BCUT2D eigenvalue weighted by Crippen LogP contribution is -2.37. The molecule has 0 saturated heterocycles. The molecule has 2 aliphatic carbocycles. The molecule has 1 spiro atoms. The van der Waals surface area contributed by atoms with Gasteiger partial charge in [-0.25, -0.2) is 8.78 Å². The van der Waals surface area contributed by atoms with Crippen LogP contribution in [0.15, 0.2) is 12.1 Å². The second-order valence-electron chi connectivity index (χ2n) is 6.31. The number of hydrogen-bond donors (Lipinski definition) is 0. The van der Waals surface area contributed by atoms with Gasteiger partial charge in [-0.3, -0.25) is 0 Å². The molecule has 6 heteroatoms. The Labute approximate surface area is 125 Å². The summed E-state index contributed by atoms with van der Waals surface area (Å²) in [6.07, 6.45) is 0.974. The van der Waals surface area contributed by atoms with E-state index in [1.807, 2.05) is 0 Å². The highest BCUT2D eigenvalue weighted by Crippen LogP contribution is 2.58. The molecule has 2 saturated carbocycles. The molecule has 2 fully saturated rings. The zero-order valence-electron chi connectivity index (χ0n) is 11.8. The molecule has 2 aliphatic rings. The predicted molar refractivity (Wildman–Crippen MR) is 70.3 cm³/mol. The molecule has 1 aromatic carbocycles. The van der Waals surface area contributed by atoms with Gasteiger partial charge in [-0.1, -0.05) is 0 Å². The van der Waals surface area contributed by atoms with E-state index in [1.165, 1.54) is 6.07 Å². The minimum atomic E-state index is -3.47. The van der Waals surface area contributed by atoms with Crippen molar-refractivity contribution < 1.29 is 22.3 Å². The Hall–Kier alpha value is -1.77. The maximum atomic E-state index is 14.2. The minimum Gasteiger partial charge on any atom is -0.432 e. The SMILES string of the molecule is N#Cc1c(F)cc(OC(F)(F)C2CCC3(CC2)CC3)cc1F. The fourth-order valence-corrected chi connectivity index (χ4v) is 3.20. The van der Waals surface area contributed by atoms with E-state index >= 15 is 0 Å². The summed E-state index contributed by atoms with van der Waals surface area (Å²) in [6.45, 7) is 0. The summed E-state index contributed by atoms with van der Waals surface area (Å²) in [5.41, 5.74) is -0.525. The van der Waals surface area contributed by atoms with Crippen molar-refractivity contribution in [2.45, 2.75) is 44.6 Å². The van der Waals surface area contributed by atoms with Crippen LogP contribution >= 0.6 is 0 Å². The summed E-state index contributed by atoms with van der Waals surface area (Å²) in [5, 5.41) is 8.56. The van der Waals surface area contributed by atoms with Crippen molar-refractivity contribution in [3.05, 3.63) is 29.3 Å². The number of hydrogen-bond acceptors (Lipinski definition) is 2. The van der Waals surface area contributed by atoms with Crippen molar-refractivity contribution in [2.24, 2.45) is 11.3 Å². The zero-order chi connectivity index (χ0) is 16.0. The molecule has 3 rings (SSSR count). The summed E-state index contributed by atoms with van der Waals surface area (Å²) in [7, 11) is 0. The van der Waals surface area contributed by atoms with Crippen molar-refractivity contribution in [1.82, 2.24) is 0 Å². The third-order valence-electron chi connectivity index (χ3n) is 4.86. The van der Waals surface area contributed by atoms with Gasteiger partial charge in [0.25, 0.3) is 0 Å². The molecule has 0 radical (unpaired) electrons. The minimum absolute atomic E-state index is 0.277. The molecule has 0 unspecified atom stereocenters. The van der Waals surface area contributed by atoms with Crippen LogP contribution in [0.5, 0.6) is 5.75 Å². The van der Waals surface area contributed by atoms with E-state index in [1.54, 1.807) is 0 Å². The fraction of sp³-hybridized carbons (Fsp3) is 0.562. The molecular weight excluding hydrogens is 298 g/mol. The molecular formula is C16H15F4NO. The molecule has 0 atom stereocenters. The van der Waals surface area contributed by atoms with Gasteiger partial charge in [0.2, 0.25) is 0 Å². The van der Waals surface area contributed by atoms with Crippen LogP contribution in [0.4, 0.5) is 17.6 Å². The molecule has 0 heterocycles. The van der Waals surface area contributed by atoms with Gasteiger partial charge < -0.3 is 4.74 Å². The Morgan fingerprint density at radius 1 is 1.09 bits per heavy atom. The van der Waals surface area contributed by atoms with Crippen LogP contribution in [-0.4, -0.2) is 6.11 Å². The highest BCUT2D eigenvalue weighted by molar-refractivity contribution is 5.38. The number of nitrogens with zero attached hydrogens (tertiary/aromatic N) is 1. The van der Waals surface area contributed by atoms with E-state index in [4.69, 9.17) is 5.26 Å². The van der Waals surface area contributed by atoms with Crippen molar-refractivity contribution in [3.8, 4) is 11.8 Å². The highest BCUT2D eigenvalue weighted by atomic mass is 19.3. The van der Waals surface area contributed by atoms with Crippen LogP contribution in [0.2, 0.25) is 0 Å². The summed E-state index contributed by atoms with van der Waals surface area (Å²) in [6, 6.07) is 2.59. The van der Waals surface area contributed by atoms with Crippen LogP contribution in [0.1, 0.15) is 44.1 Å². The first kappa shape index (κ1) is 15.1. The van der Waals surface area contributed by atoms with Gasteiger partial charge >= 0.3 is 6.11 Å². The third kappa shape index (κ3) is 2.77. The van der Waals surface area contributed by atoms with E-state index < -0.39 is 35.0 Å². The number of benzene rings is 1. The van der Waals surface area contributed by atoms with Crippen LogP contribution in [0.3, 0.4) is 0 Å². The Balaban J connectivity index is 1.72. The van der Waals surface area contributed by atoms with Crippen LogP contribution in [0, 0.1) is 34.3 Å². The maximum Gasteiger partial charge on any atom is 0.400 e. The largest absolute Gasteiger partial charge is 0.432 e. The number of halogens is 4. The predicted octanol–water partition coefficient (Wildman–Crippen LogP) is 4.78. The van der Waals surface area contributed by atoms with Crippen molar-refractivity contribution in [3.63, 3.8) is 0 Å². The third-order valence-corrected chi connectivity index (χ3v) is 4.86. The standard InChI is InChI=1S/C16H15F4NO/c17-13-7-11(8-14(18)12(13)9-21)22-16(19,20)10-1-3-15(4-2-10)5-6-15/h7-8,10H,1-6H2. The van der Waals surface area contributed by atoms with Crippen LogP contribution < -0.4 is 4.74 Å². The number of alkyl halides is 2. The molecule has 0 aliphatic heterocycles. The van der Waals surface area contributed by atoms with Gasteiger partial charge in [-0.05, 0) is 43.9 Å². The second kappa shape index (κ2) is 5.15. The fourth-order valence-electron chi connectivity index (χ4n) is 3.20. The molecule has 0 amide bonds. The van der Waals surface area contributed by atoms with E-state index in [0.29, 0.717) is 25.0 Å². The van der Waals surface area contributed by atoms with E-state index in [9.17, 15) is 17.6 Å². The first-order chi connectivity index (χ1) is 10.4.